The van der Waals surface area contributed by atoms with Gasteiger partial charge in [0.05, 0.1) is 0 Å². The molecule has 1 aromatic heterocycles. The van der Waals surface area contributed by atoms with Crippen molar-refractivity contribution in [1.29, 1.82) is 0 Å². The molecular weight excluding hydrogens is 274 g/mol. The van der Waals surface area contributed by atoms with E-state index in [9.17, 15) is 8.78 Å². The van der Waals surface area contributed by atoms with Gasteiger partial charge in [-0.05, 0) is 39.0 Å². The fourth-order valence-corrected chi connectivity index (χ4v) is 1.68. The second-order valence-electron chi connectivity index (χ2n) is 5.76. The van der Waals surface area contributed by atoms with E-state index >= 15 is 0 Å². The van der Waals surface area contributed by atoms with E-state index in [1.54, 1.807) is 18.5 Å². The molecule has 0 radical (unpaired) electrons. The van der Waals surface area contributed by atoms with E-state index in [1.165, 1.54) is 6.07 Å². The Morgan fingerprint density at radius 2 is 1.90 bits per heavy atom. The van der Waals surface area contributed by atoms with Crippen molar-refractivity contribution in [2.45, 2.75) is 32.9 Å². The van der Waals surface area contributed by atoms with Crippen LogP contribution in [0.3, 0.4) is 0 Å². The summed E-state index contributed by atoms with van der Waals surface area (Å²) < 4.78 is 32.1. The second-order valence-corrected chi connectivity index (χ2v) is 5.76. The number of hydrogen-bond acceptors (Lipinski definition) is 3. The maximum atomic E-state index is 13.6. The molecule has 21 heavy (non-hydrogen) atoms. The number of benzene rings is 1. The van der Waals surface area contributed by atoms with Crippen LogP contribution in [-0.2, 0) is 6.54 Å². The third kappa shape index (κ3) is 4.49. The lowest BCUT2D eigenvalue weighted by Crippen LogP contribution is -2.35. The van der Waals surface area contributed by atoms with Crippen molar-refractivity contribution in [1.82, 2.24) is 10.3 Å². The molecule has 112 valence electrons. The molecule has 0 aliphatic heterocycles. The molecule has 0 saturated heterocycles. The largest absolute Gasteiger partial charge is 0.454 e. The van der Waals surface area contributed by atoms with Crippen LogP contribution in [0.5, 0.6) is 11.5 Å². The summed E-state index contributed by atoms with van der Waals surface area (Å²) >= 11 is 0. The molecular formula is C16H18F2N2O. The normalized spacial score (nSPS) is 11.5. The van der Waals surface area contributed by atoms with Gasteiger partial charge in [-0.3, -0.25) is 4.98 Å². The van der Waals surface area contributed by atoms with Gasteiger partial charge in [-0.1, -0.05) is 0 Å². The van der Waals surface area contributed by atoms with Crippen molar-refractivity contribution in [3.63, 3.8) is 0 Å². The predicted molar refractivity (Wildman–Crippen MR) is 77.3 cm³/mol. The number of aromatic nitrogens is 1. The first kappa shape index (κ1) is 15.4. The van der Waals surface area contributed by atoms with Crippen LogP contribution in [-0.4, -0.2) is 10.5 Å². The van der Waals surface area contributed by atoms with Gasteiger partial charge in [0.25, 0.3) is 0 Å². The highest BCUT2D eigenvalue weighted by molar-refractivity contribution is 5.36. The molecule has 2 rings (SSSR count). The Morgan fingerprint density at radius 3 is 2.57 bits per heavy atom. The number of ether oxygens (including phenoxy) is 1. The summed E-state index contributed by atoms with van der Waals surface area (Å²) in [7, 11) is 0. The lowest BCUT2D eigenvalue weighted by molar-refractivity contribution is 0.405. The fraction of sp³-hybridized carbons (Fsp3) is 0.312. The molecule has 0 amide bonds. The van der Waals surface area contributed by atoms with Crippen molar-refractivity contribution in [3.05, 3.63) is 53.9 Å². The summed E-state index contributed by atoms with van der Waals surface area (Å²) in [5.74, 6) is -0.891. The first-order valence-electron chi connectivity index (χ1n) is 6.66. The number of nitrogens with zero attached hydrogens (tertiary/aromatic N) is 1. The van der Waals surface area contributed by atoms with E-state index in [-0.39, 0.29) is 11.3 Å². The van der Waals surface area contributed by atoms with Crippen molar-refractivity contribution in [2.24, 2.45) is 0 Å². The summed E-state index contributed by atoms with van der Waals surface area (Å²) in [6.45, 7) is 6.67. The Labute approximate surface area is 123 Å². The molecule has 0 aliphatic rings. The van der Waals surface area contributed by atoms with Gasteiger partial charge in [0.2, 0.25) is 0 Å². The molecule has 0 spiro atoms. The van der Waals surface area contributed by atoms with E-state index in [2.05, 4.69) is 10.3 Å². The van der Waals surface area contributed by atoms with Crippen LogP contribution in [0.4, 0.5) is 8.78 Å². The standard InChI is InChI=1S/C16H18F2N2O/c1-16(2,3)20-10-11-9-19-7-6-14(11)21-15-5-4-12(17)8-13(15)18/h4-9,20H,10H2,1-3H3. The lowest BCUT2D eigenvalue weighted by atomic mass is 10.1. The van der Waals surface area contributed by atoms with E-state index in [0.29, 0.717) is 12.3 Å². The molecule has 1 N–H and O–H groups in total. The predicted octanol–water partition coefficient (Wildman–Crippen LogP) is 4.04. The summed E-state index contributed by atoms with van der Waals surface area (Å²) in [4.78, 5) is 4.05. The number of nitrogens with one attached hydrogen (secondary N) is 1. The molecule has 3 nitrogen and oxygen atoms in total. The topological polar surface area (TPSA) is 34.2 Å². The third-order valence-corrected chi connectivity index (χ3v) is 2.78. The highest BCUT2D eigenvalue weighted by atomic mass is 19.1. The van der Waals surface area contributed by atoms with Crippen LogP contribution in [0.2, 0.25) is 0 Å². The van der Waals surface area contributed by atoms with Gasteiger partial charge >= 0.3 is 0 Å². The minimum absolute atomic E-state index is 0.0143. The number of rotatable bonds is 4. The minimum atomic E-state index is -0.735. The third-order valence-electron chi connectivity index (χ3n) is 2.78. The van der Waals surface area contributed by atoms with E-state index in [1.807, 2.05) is 20.8 Å². The quantitative estimate of drug-likeness (QED) is 0.923. The van der Waals surface area contributed by atoms with Crippen molar-refractivity contribution < 1.29 is 13.5 Å². The molecule has 0 aliphatic carbocycles. The van der Waals surface area contributed by atoms with Crippen LogP contribution in [0.1, 0.15) is 26.3 Å². The molecule has 0 unspecified atom stereocenters. The summed E-state index contributed by atoms with van der Waals surface area (Å²) in [5, 5.41) is 3.31. The van der Waals surface area contributed by atoms with Crippen LogP contribution in [0.25, 0.3) is 0 Å². The molecule has 5 heteroatoms. The van der Waals surface area contributed by atoms with E-state index in [0.717, 1.165) is 17.7 Å². The number of hydrogen-bond donors (Lipinski definition) is 1. The Kier molecular flexibility index (Phi) is 4.53. The molecule has 1 aromatic carbocycles. The zero-order chi connectivity index (χ0) is 15.5. The van der Waals surface area contributed by atoms with Crippen molar-refractivity contribution >= 4 is 0 Å². The highest BCUT2D eigenvalue weighted by Gasteiger charge is 2.13. The van der Waals surface area contributed by atoms with Gasteiger partial charge in [-0.25, -0.2) is 8.78 Å². The lowest BCUT2D eigenvalue weighted by Gasteiger charge is -2.21. The van der Waals surface area contributed by atoms with Gasteiger partial charge in [-0.2, -0.15) is 0 Å². The maximum absolute atomic E-state index is 13.6. The van der Waals surface area contributed by atoms with Crippen molar-refractivity contribution in [3.8, 4) is 11.5 Å². The molecule has 1 heterocycles. The Bertz CT molecular complexity index is 624. The molecule has 2 aromatic rings. The Morgan fingerprint density at radius 1 is 1.14 bits per heavy atom. The molecule has 0 saturated carbocycles. The van der Waals surface area contributed by atoms with Crippen LogP contribution >= 0.6 is 0 Å². The minimum Gasteiger partial charge on any atom is -0.454 e. The van der Waals surface area contributed by atoms with Crippen LogP contribution in [0.15, 0.2) is 36.7 Å². The van der Waals surface area contributed by atoms with Crippen molar-refractivity contribution in [2.75, 3.05) is 0 Å². The Hall–Kier alpha value is -2.01. The second kappa shape index (κ2) is 6.18. The maximum Gasteiger partial charge on any atom is 0.168 e. The number of pyridine rings is 1. The van der Waals surface area contributed by atoms with Gasteiger partial charge < -0.3 is 10.1 Å². The van der Waals surface area contributed by atoms with Crippen LogP contribution < -0.4 is 10.1 Å². The van der Waals surface area contributed by atoms with Crippen LogP contribution in [0, 0.1) is 11.6 Å². The number of halogens is 2. The van der Waals surface area contributed by atoms with Gasteiger partial charge in [0, 0.05) is 36.1 Å². The van der Waals surface area contributed by atoms with Gasteiger partial charge in [0.15, 0.2) is 11.6 Å². The summed E-state index contributed by atoms with van der Waals surface area (Å²) in [5.41, 5.74) is 0.741. The fourth-order valence-electron chi connectivity index (χ4n) is 1.68. The zero-order valence-electron chi connectivity index (χ0n) is 12.3. The monoisotopic (exact) mass is 292 g/mol. The molecule has 0 atom stereocenters. The zero-order valence-corrected chi connectivity index (χ0v) is 12.3. The average Bonchev–Trinajstić information content (AvgIpc) is 2.40. The van der Waals surface area contributed by atoms with E-state index in [4.69, 9.17) is 4.74 Å². The molecule has 0 bridgehead atoms. The average molecular weight is 292 g/mol. The Balaban J connectivity index is 2.20. The summed E-state index contributed by atoms with van der Waals surface area (Å²) in [6.07, 6.45) is 3.23. The first-order chi connectivity index (χ1) is 9.85. The van der Waals surface area contributed by atoms with E-state index < -0.39 is 11.6 Å². The molecule has 0 fully saturated rings. The van der Waals surface area contributed by atoms with Gasteiger partial charge in [0.1, 0.15) is 11.6 Å². The highest BCUT2D eigenvalue weighted by Crippen LogP contribution is 2.27. The summed E-state index contributed by atoms with van der Waals surface area (Å²) in [6, 6.07) is 4.88. The SMILES string of the molecule is CC(C)(C)NCc1cnccc1Oc1ccc(F)cc1F. The smallest absolute Gasteiger partial charge is 0.168 e. The van der Waals surface area contributed by atoms with Gasteiger partial charge in [-0.15, -0.1) is 0 Å². The first-order valence-corrected chi connectivity index (χ1v) is 6.66.